The lowest BCUT2D eigenvalue weighted by Gasteiger charge is -2.08. The normalized spacial score (nSPS) is 11.3. The molecule has 4 N–H and O–H groups in total. The van der Waals surface area contributed by atoms with E-state index in [1.54, 1.807) is 13.3 Å². The minimum Gasteiger partial charge on any atom is -0.497 e. The highest BCUT2D eigenvalue weighted by molar-refractivity contribution is 6.08. The molecule has 0 saturated heterocycles. The highest BCUT2D eigenvalue weighted by Gasteiger charge is 2.04. The first-order valence-corrected chi connectivity index (χ1v) is 7.80. The van der Waals surface area contributed by atoms with E-state index in [-0.39, 0.29) is 0 Å². The van der Waals surface area contributed by atoms with Gasteiger partial charge >= 0.3 is 0 Å². The summed E-state index contributed by atoms with van der Waals surface area (Å²) in [6.07, 6.45) is 4.33. The summed E-state index contributed by atoms with van der Waals surface area (Å²) in [6, 6.07) is 13.5. The van der Waals surface area contributed by atoms with E-state index < -0.39 is 0 Å². The van der Waals surface area contributed by atoms with Crippen molar-refractivity contribution in [2.24, 2.45) is 5.73 Å². The van der Waals surface area contributed by atoms with E-state index in [0.29, 0.717) is 17.9 Å². The lowest BCUT2D eigenvalue weighted by Crippen LogP contribution is -2.02. The van der Waals surface area contributed by atoms with Crippen LogP contribution in [0.2, 0.25) is 0 Å². The molecule has 0 bridgehead atoms. The summed E-state index contributed by atoms with van der Waals surface area (Å²) in [5.74, 6) is 1.52. The number of nitrogens with two attached hydrogens (primary N) is 1. The monoisotopic (exact) mass is 333 g/mol. The number of allylic oxidation sites excluding steroid dienone is 1. The van der Waals surface area contributed by atoms with E-state index in [1.165, 1.54) is 12.4 Å². The van der Waals surface area contributed by atoms with Crippen LogP contribution in [0, 0.1) is 5.41 Å². The predicted molar refractivity (Wildman–Crippen MR) is 101 cm³/mol. The first-order chi connectivity index (χ1) is 12.2. The minimum atomic E-state index is 0.628. The van der Waals surface area contributed by atoms with Gasteiger partial charge in [-0.05, 0) is 35.4 Å². The third-order valence-electron chi connectivity index (χ3n) is 3.82. The van der Waals surface area contributed by atoms with Crippen molar-refractivity contribution in [3.63, 3.8) is 0 Å². The van der Waals surface area contributed by atoms with Crippen LogP contribution in [0.15, 0.2) is 54.9 Å². The Kier molecular flexibility index (Phi) is 4.89. The summed E-state index contributed by atoms with van der Waals surface area (Å²) in [6.45, 7) is 0.628. The first kappa shape index (κ1) is 16.4. The maximum Gasteiger partial charge on any atom is 0.145 e. The number of ether oxygens (including phenoxy) is 1. The molecule has 0 aliphatic carbocycles. The van der Waals surface area contributed by atoms with Crippen LogP contribution in [0.4, 0.5) is 5.82 Å². The molecule has 3 aromatic rings. The van der Waals surface area contributed by atoms with Gasteiger partial charge in [0.25, 0.3) is 0 Å². The smallest absolute Gasteiger partial charge is 0.145 e. The van der Waals surface area contributed by atoms with Crippen molar-refractivity contribution in [1.82, 2.24) is 9.97 Å². The Morgan fingerprint density at radius 2 is 2.12 bits per heavy atom. The van der Waals surface area contributed by atoms with E-state index in [1.807, 2.05) is 42.5 Å². The number of fused-ring (bicyclic) bond motifs is 1. The maximum atomic E-state index is 7.38. The quantitative estimate of drug-likeness (QED) is 0.602. The zero-order valence-electron chi connectivity index (χ0n) is 13.9. The first-order valence-electron chi connectivity index (χ1n) is 7.80. The topological polar surface area (TPSA) is 96.9 Å². The van der Waals surface area contributed by atoms with Gasteiger partial charge in [0.2, 0.25) is 0 Å². The van der Waals surface area contributed by atoms with Crippen LogP contribution in [-0.2, 0) is 6.54 Å². The average molecular weight is 333 g/mol. The second kappa shape index (κ2) is 7.44. The molecule has 3 rings (SSSR count). The molecule has 0 aliphatic rings. The lowest BCUT2D eigenvalue weighted by molar-refractivity contribution is 0.414. The fraction of sp³-hybridized carbons (Fsp3) is 0.105. The second-order valence-electron chi connectivity index (χ2n) is 5.43. The number of hydrogen-bond acceptors (Lipinski definition) is 6. The molecular weight excluding hydrogens is 314 g/mol. The van der Waals surface area contributed by atoms with Gasteiger partial charge in [-0.25, -0.2) is 4.98 Å². The second-order valence-corrected chi connectivity index (χ2v) is 5.43. The van der Waals surface area contributed by atoms with Crippen LogP contribution in [0.3, 0.4) is 0 Å². The van der Waals surface area contributed by atoms with Crippen molar-refractivity contribution in [1.29, 1.82) is 5.41 Å². The molecule has 0 radical (unpaired) electrons. The predicted octanol–water partition coefficient (Wildman–Crippen LogP) is 3.20. The molecule has 0 unspecified atom stereocenters. The highest BCUT2D eigenvalue weighted by Crippen LogP contribution is 2.19. The molecule has 0 saturated carbocycles. The van der Waals surface area contributed by atoms with Gasteiger partial charge in [0.15, 0.2) is 0 Å². The number of rotatable bonds is 6. The molecule has 0 atom stereocenters. The fourth-order valence-corrected chi connectivity index (χ4v) is 2.48. The van der Waals surface area contributed by atoms with Gasteiger partial charge in [-0.3, -0.25) is 4.98 Å². The number of aromatic nitrogens is 2. The largest absolute Gasteiger partial charge is 0.497 e. The molecular formula is C19H19N5O. The maximum absolute atomic E-state index is 7.38. The van der Waals surface area contributed by atoms with Crippen LogP contribution in [0.5, 0.6) is 5.75 Å². The minimum absolute atomic E-state index is 0.628. The van der Waals surface area contributed by atoms with Crippen LogP contribution >= 0.6 is 0 Å². The molecule has 1 aromatic heterocycles. The number of methoxy groups -OCH3 is 1. The van der Waals surface area contributed by atoms with Gasteiger partial charge < -0.3 is 21.2 Å². The molecule has 0 aliphatic heterocycles. The number of hydrogen-bond donors (Lipinski definition) is 3. The van der Waals surface area contributed by atoms with Crippen LogP contribution in [0.25, 0.3) is 16.6 Å². The van der Waals surface area contributed by atoms with Crippen LogP contribution < -0.4 is 15.8 Å². The summed E-state index contributed by atoms with van der Waals surface area (Å²) in [5, 5.41) is 10.6. The van der Waals surface area contributed by atoms with Crippen molar-refractivity contribution >= 4 is 28.6 Å². The molecule has 1 heterocycles. The molecule has 25 heavy (non-hydrogen) atoms. The Hall–Kier alpha value is -3.41. The van der Waals surface area contributed by atoms with Gasteiger partial charge in [-0.2, -0.15) is 0 Å². The number of anilines is 1. The van der Waals surface area contributed by atoms with Gasteiger partial charge in [0.05, 0.1) is 24.3 Å². The van der Waals surface area contributed by atoms with E-state index in [4.69, 9.17) is 15.9 Å². The molecule has 126 valence electrons. The van der Waals surface area contributed by atoms with E-state index in [2.05, 4.69) is 15.3 Å². The van der Waals surface area contributed by atoms with Gasteiger partial charge in [-0.15, -0.1) is 0 Å². The fourth-order valence-electron chi connectivity index (χ4n) is 2.48. The van der Waals surface area contributed by atoms with Crippen LogP contribution in [-0.4, -0.2) is 23.3 Å². The molecule has 2 aromatic carbocycles. The van der Waals surface area contributed by atoms with Crippen molar-refractivity contribution in [2.75, 3.05) is 12.4 Å². The Morgan fingerprint density at radius 3 is 2.88 bits per heavy atom. The van der Waals surface area contributed by atoms with Crippen molar-refractivity contribution < 1.29 is 4.74 Å². The van der Waals surface area contributed by atoms with Crippen molar-refractivity contribution in [3.05, 3.63) is 66.0 Å². The van der Waals surface area contributed by atoms with Crippen molar-refractivity contribution in [3.8, 4) is 5.75 Å². The zero-order chi connectivity index (χ0) is 17.6. The Bertz CT molecular complexity index is 936. The lowest BCUT2D eigenvalue weighted by atomic mass is 10.1. The third kappa shape index (κ3) is 3.74. The molecule has 0 amide bonds. The molecule has 0 spiro atoms. The number of nitrogens with one attached hydrogen (secondary N) is 2. The van der Waals surface area contributed by atoms with Crippen LogP contribution in [0.1, 0.15) is 11.1 Å². The van der Waals surface area contributed by atoms with E-state index >= 15 is 0 Å². The van der Waals surface area contributed by atoms with Gasteiger partial charge in [0.1, 0.15) is 11.6 Å². The standard InChI is InChI=1S/C19H19N5O/c1-25-16-4-2-3-13(7-16)11-23-19-12-22-18-8-14(15(9-20)10-21)5-6-17(18)24-19/h2-10,12,20H,11,21H2,1H3,(H,23,24)/b15-10+,20-9?. The van der Waals surface area contributed by atoms with Gasteiger partial charge in [-0.1, -0.05) is 18.2 Å². The molecule has 6 nitrogen and oxygen atoms in total. The summed E-state index contributed by atoms with van der Waals surface area (Å²) in [5.41, 5.74) is 9.65. The summed E-state index contributed by atoms with van der Waals surface area (Å²) < 4.78 is 5.23. The number of benzene rings is 2. The highest BCUT2D eigenvalue weighted by atomic mass is 16.5. The Labute approximate surface area is 145 Å². The summed E-state index contributed by atoms with van der Waals surface area (Å²) >= 11 is 0. The van der Waals surface area contributed by atoms with Crippen molar-refractivity contribution in [2.45, 2.75) is 6.54 Å². The SMILES string of the molecule is COc1cccc(CNc2cnc3cc(/C(C=N)=C/N)ccc3n2)c1. The van der Waals surface area contributed by atoms with E-state index in [0.717, 1.165) is 27.9 Å². The summed E-state index contributed by atoms with van der Waals surface area (Å²) in [4.78, 5) is 9.02. The Morgan fingerprint density at radius 1 is 1.24 bits per heavy atom. The zero-order valence-corrected chi connectivity index (χ0v) is 13.9. The third-order valence-corrected chi connectivity index (χ3v) is 3.82. The molecule has 6 heteroatoms. The number of nitrogens with zero attached hydrogens (tertiary/aromatic N) is 2. The molecule has 0 fully saturated rings. The van der Waals surface area contributed by atoms with E-state index in [9.17, 15) is 0 Å². The summed E-state index contributed by atoms with van der Waals surface area (Å²) in [7, 11) is 1.65. The Balaban J connectivity index is 1.79. The van der Waals surface area contributed by atoms with Gasteiger partial charge in [0, 0.05) is 24.5 Å². The average Bonchev–Trinajstić information content (AvgIpc) is 2.67.